The molecule has 0 heterocycles. The molecule has 7 nitrogen and oxygen atoms in total. The van der Waals surface area contributed by atoms with E-state index in [-0.39, 0.29) is 5.92 Å². The van der Waals surface area contributed by atoms with Crippen LogP contribution in [0.3, 0.4) is 0 Å². The summed E-state index contributed by atoms with van der Waals surface area (Å²) in [4.78, 5) is 25.0. The zero-order valence-corrected chi connectivity index (χ0v) is 18.6. The maximum atomic E-state index is 12.6. The zero-order valence-electron chi connectivity index (χ0n) is 17.8. The van der Waals surface area contributed by atoms with Gasteiger partial charge in [-0.25, -0.2) is 5.26 Å². The highest BCUT2D eigenvalue weighted by atomic mass is 32.2. The number of ether oxygens (including phenoxy) is 2. The molecule has 0 rings (SSSR count). The Morgan fingerprint density at radius 2 is 1.61 bits per heavy atom. The van der Waals surface area contributed by atoms with E-state index in [1.807, 2.05) is 0 Å². The minimum atomic E-state index is -0.969. The molecule has 0 amide bonds. The molecule has 0 spiro atoms. The molecule has 1 N–H and O–H groups in total. The lowest BCUT2D eigenvalue weighted by Gasteiger charge is -2.22. The average molecular weight is 423 g/mol. The van der Waals surface area contributed by atoms with Gasteiger partial charge in [0.2, 0.25) is 0 Å². The van der Waals surface area contributed by atoms with Crippen LogP contribution >= 0.6 is 12.0 Å². The van der Waals surface area contributed by atoms with Gasteiger partial charge in [0.25, 0.3) is 0 Å². The summed E-state index contributed by atoms with van der Waals surface area (Å²) in [7, 11) is 0. The highest BCUT2D eigenvalue weighted by Gasteiger charge is 2.37. The minimum absolute atomic E-state index is 0.287. The van der Waals surface area contributed by atoms with E-state index >= 15 is 0 Å². The van der Waals surface area contributed by atoms with Gasteiger partial charge in [-0.2, -0.15) is 0 Å². The number of carbonyl (C=O) groups is 2. The third-order valence-electron chi connectivity index (χ3n) is 4.76. The van der Waals surface area contributed by atoms with Crippen LogP contribution < -0.4 is 0 Å². The second-order valence-electron chi connectivity index (χ2n) is 6.95. The van der Waals surface area contributed by atoms with E-state index < -0.39 is 23.1 Å². The van der Waals surface area contributed by atoms with Crippen LogP contribution in [0.4, 0.5) is 0 Å². The molecule has 0 saturated heterocycles. The monoisotopic (exact) mass is 422 g/mol. The van der Waals surface area contributed by atoms with Gasteiger partial charge in [0.15, 0.2) is 0 Å². The van der Waals surface area contributed by atoms with Crippen LogP contribution in [0.5, 0.6) is 0 Å². The summed E-state index contributed by atoms with van der Waals surface area (Å²) in [6, 6.07) is 0. The molecule has 0 aliphatic carbocycles. The van der Waals surface area contributed by atoms with Crippen LogP contribution in [0.25, 0.3) is 0 Å². The van der Waals surface area contributed by atoms with Crippen LogP contribution in [-0.2, 0) is 28.4 Å². The third kappa shape index (κ3) is 11.9. The Kier molecular flexibility index (Phi) is 17.7. The van der Waals surface area contributed by atoms with Crippen LogP contribution in [-0.4, -0.2) is 35.7 Å². The smallest absolute Gasteiger partial charge is 0.322 e. The van der Waals surface area contributed by atoms with E-state index in [0.717, 1.165) is 51.4 Å². The normalized spacial score (nSPS) is 14.3. The topological polar surface area (TPSA) is 91.3 Å². The van der Waals surface area contributed by atoms with Crippen molar-refractivity contribution in [1.82, 2.24) is 0 Å². The van der Waals surface area contributed by atoms with Crippen molar-refractivity contribution in [3.05, 3.63) is 0 Å². The number of carbonyl (C=O) groups excluding carboxylic acids is 2. The van der Waals surface area contributed by atoms with Crippen molar-refractivity contribution in [2.24, 2.45) is 11.8 Å². The van der Waals surface area contributed by atoms with E-state index in [2.05, 4.69) is 30.1 Å². The summed E-state index contributed by atoms with van der Waals surface area (Å²) >= 11 is 0.568. The molecule has 3 unspecified atom stereocenters. The molecule has 166 valence electrons. The summed E-state index contributed by atoms with van der Waals surface area (Å²) in [6.45, 7) is 8.72. The lowest BCUT2D eigenvalue weighted by molar-refractivity contribution is -0.432. The largest absolute Gasteiger partial charge is 0.465 e. The first-order chi connectivity index (χ1) is 13.5. The quantitative estimate of drug-likeness (QED) is 0.104. The van der Waals surface area contributed by atoms with Crippen LogP contribution in [0.15, 0.2) is 0 Å². The molecule has 0 aromatic heterocycles. The number of rotatable bonds is 18. The lowest BCUT2D eigenvalue weighted by Crippen LogP contribution is -2.36. The van der Waals surface area contributed by atoms with E-state index in [1.165, 1.54) is 0 Å². The van der Waals surface area contributed by atoms with Gasteiger partial charge in [0.1, 0.15) is 5.25 Å². The zero-order chi connectivity index (χ0) is 21.2. The van der Waals surface area contributed by atoms with Gasteiger partial charge >= 0.3 is 11.9 Å². The van der Waals surface area contributed by atoms with Crippen molar-refractivity contribution in [3.63, 3.8) is 0 Å². The van der Waals surface area contributed by atoms with Gasteiger partial charge in [0.05, 0.1) is 31.2 Å². The van der Waals surface area contributed by atoms with Crippen molar-refractivity contribution in [1.29, 1.82) is 0 Å². The minimum Gasteiger partial charge on any atom is -0.465 e. The van der Waals surface area contributed by atoms with Crippen molar-refractivity contribution < 1.29 is 33.7 Å². The molecule has 0 radical (unpaired) electrons. The summed E-state index contributed by atoms with van der Waals surface area (Å²) in [5, 5.41) is 11.1. The molecular formula is C20H38O7S. The first-order valence-electron chi connectivity index (χ1n) is 10.5. The molecule has 0 bridgehead atoms. The summed E-state index contributed by atoms with van der Waals surface area (Å²) < 4.78 is 15.3. The van der Waals surface area contributed by atoms with E-state index in [4.69, 9.17) is 14.7 Å². The fourth-order valence-corrected chi connectivity index (χ4v) is 3.53. The Balaban J connectivity index is 4.78. The Bertz CT molecular complexity index is 406. The van der Waals surface area contributed by atoms with Gasteiger partial charge in [-0.1, -0.05) is 71.3 Å². The number of unbranched alkanes of at least 4 members (excludes halogenated alkanes) is 4. The molecule has 0 aliphatic rings. The molecule has 3 atom stereocenters. The van der Waals surface area contributed by atoms with Gasteiger partial charge in [-0.15, -0.1) is 4.33 Å². The Hall–Kier alpha value is -0.830. The molecule has 0 saturated carbocycles. The highest BCUT2D eigenvalue weighted by molar-refractivity contribution is 7.96. The average Bonchev–Trinajstić information content (AvgIpc) is 2.70. The van der Waals surface area contributed by atoms with Gasteiger partial charge < -0.3 is 9.47 Å². The predicted octanol–water partition coefficient (Wildman–Crippen LogP) is 5.33. The fraction of sp³-hybridized carbons (Fsp3) is 0.900. The Labute approximate surface area is 173 Å². The first kappa shape index (κ1) is 27.2. The summed E-state index contributed by atoms with van der Waals surface area (Å²) in [5.74, 6) is -1.48. The third-order valence-corrected chi connectivity index (χ3v) is 5.63. The molecule has 28 heavy (non-hydrogen) atoms. The van der Waals surface area contributed by atoms with Gasteiger partial charge in [-0.05, 0) is 25.2 Å². The Morgan fingerprint density at radius 1 is 0.893 bits per heavy atom. The number of hydrogen-bond donors (Lipinski definition) is 1. The fourth-order valence-electron chi connectivity index (χ4n) is 2.82. The molecule has 0 aliphatic heterocycles. The molecule has 0 aromatic rings. The maximum Gasteiger partial charge on any atom is 0.322 e. The van der Waals surface area contributed by atoms with E-state index in [0.29, 0.717) is 31.7 Å². The summed E-state index contributed by atoms with van der Waals surface area (Å²) in [5.41, 5.74) is 0. The lowest BCUT2D eigenvalue weighted by atomic mass is 10.00. The maximum absolute atomic E-state index is 12.6. The first-order valence-corrected chi connectivity index (χ1v) is 11.3. The molecule has 0 aromatic carbocycles. The number of hydrogen-bond acceptors (Lipinski definition) is 8. The van der Waals surface area contributed by atoms with Crippen LogP contribution in [0.2, 0.25) is 0 Å². The second kappa shape index (κ2) is 18.2. The van der Waals surface area contributed by atoms with Crippen molar-refractivity contribution in [2.45, 2.75) is 90.7 Å². The second-order valence-corrected chi connectivity index (χ2v) is 7.79. The van der Waals surface area contributed by atoms with Crippen molar-refractivity contribution >= 4 is 24.0 Å². The van der Waals surface area contributed by atoms with E-state index in [1.54, 1.807) is 6.92 Å². The highest BCUT2D eigenvalue weighted by Crippen LogP contribution is 2.27. The number of esters is 2. The SMILES string of the molecule is CCCCCCOC(=O)C(CC)C(SOOO)C(=O)OCC(CC)CCCC. The standard InChI is InChI=1S/C20H38O7S/c1-5-9-11-12-14-24-19(21)17(8-4)18(28-27-26-23)20(22)25-15-16(7-3)13-10-6-2/h16-18,23H,5-15H2,1-4H3. The van der Waals surface area contributed by atoms with Crippen molar-refractivity contribution in [2.75, 3.05) is 13.2 Å². The summed E-state index contributed by atoms with van der Waals surface area (Å²) in [6.07, 6.45) is 8.45. The molecular weight excluding hydrogens is 384 g/mol. The van der Waals surface area contributed by atoms with Crippen molar-refractivity contribution in [3.8, 4) is 0 Å². The van der Waals surface area contributed by atoms with Crippen LogP contribution in [0, 0.1) is 11.8 Å². The van der Waals surface area contributed by atoms with E-state index in [9.17, 15) is 9.59 Å². The Morgan fingerprint density at radius 3 is 2.18 bits per heavy atom. The molecule has 0 fully saturated rings. The van der Waals surface area contributed by atoms with Gasteiger partial charge in [-0.3, -0.25) is 9.59 Å². The van der Waals surface area contributed by atoms with Gasteiger partial charge in [0, 0.05) is 0 Å². The molecule has 8 heteroatoms. The predicted molar refractivity (Wildman–Crippen MR) is 109 cm³/mol. The van der Waals surface area contributed by atoms with Crippen LogP contribution in [0.1, 0.15) is 85.5 Å².